The van der Waals surface area contributed by atoms with Crippen molar-refractivity contribution in [1.82, 2.24) is 4.98 Å². The van der Waals surface area contributed by atoms with Crippen LogP contribution in [0.5, 0.6) is 11.5 Å². The number of benzene rings is 3. The molecule has 124 valence electrons. The van der Waals surface area contributed by atoms with E-state index in [2.05, 4.69) is 41.4 Å². The number of nitrogens with one attached hydrogen (secondary N) is 1. The molecule has 25 heavy (non-hydrogen) atoms. The van der Waals surface area contributed by atoms with Crippen molar-refractivity contribution in [2.24, 2.45) is 0 Å². The third kappa shape index (κ3) is 2.74. The van der Waals surface area contributed by atoms with Crippen molar-refractivity contribution < 1.29 is 9.47 Å². The third-order valence-electron chi connectivity index (χ3n) is 4.42. The second-order valence-corrected chi connectivity index (χ2v) is 5.88. The summed E-state index contributed by atoms with van der Waals surface area (Å²) in [6.45, 7) is 0. The zero-order valence-electron chi connectivity index (χ0n) is 14.2. The number of aromatic amines is 1. The van der Waals surface area contributed by atoms with Crippen molar-refractivity contribution in [3.8, 4) is 33.9 Å². The van der Waals surface area contributed by atoms with E-state index in [1.165, 1.54) is 10.9 Å². The van der Waals surface area contributed by atoms with E-state index >= 15 is 0 Å². The predicted octanol–water partition coefficient (Wildman–Crippen LogP) is 5.52. The maximum atomic E-state index is 5.42. The van der Waals surface area contributed by atoms with Gasteiger partial charge in [-0.25, -0.2) is 0 Å². The van der Waals surface area contributed by atoms with Crippen LogP contribution in [-0.2, 0) is 0 Å². The molecule has 4 aromatic rings. The Balaban J connectivity index is 2.00. The number of aromatic nitrogens is 1. The number of fused-ring (bicyclic) bond motifs is 1. The molecule has 0 aliphatic carbocycles. The Kier molecular flexibility index (Phi) is 3.90. The fraction of sp³-hybridized carbons (Fsp3) is 0.0909. The molecule has 3 aromatic carbocycles. The minimum atomic E-state index is 0.841. The van der Waals surface area contributed by atoms with Gasteiger partial charge in [0.05, 0.1) is 19.9 Å². The summed E-state index contributed by atoms with van der Waals surface area (Å²) in [4.78, 5) is 3.57. The second-order valence-electron chi connectivity index (χ2n) is 5.88. The van der Waals surface area contributed by atoms with E-state index in [1.54, 1.807) is 14.2 Å². The third-order valence-corrected chi connectivity index (χ3v) is 4.42. The fourth-order valence-corrected chi connectivity index (χ4v) is 3.22. The van der Waals surface area contributed by atoms with Gasteiger partial charge in [0.1, 0.15) is 11.5 Å². The van der Waals surface area contributed by atoms with Gasteiger partial charge in [0.25, 0.3) is 0 Å². The van der Waals surface area contributed by atoms with Gasteiger partial charge in [0, 0.05) is 22.0 Å². The summed E-state index contributed by atoms with van der Waals surface area (Å²) >= 11 is 0. The van der Waals surface area contributed by atoms with E-state index in [9.17, 15) is 0 Å². The molecule has 1 N–H and O–H groups in total. The topological polar surface area (TPSA) is 34.2 Å². The van der Waals surface area contributed by atoms with Crippen LogP contribution in [0, 0.1) is 0 Å². The van der Waals surface area contributed by atoms with Gasteiger partial charge in [-0.2, -0.15) is 0 Å². The maximum Gasteiger partial charge on any atom is 0.119 e. The first-order valence-electron chi connectivity index (χ1n) is 8.19. The summed E-state index contributed by atoms with van der Waals surface area (Å²) in [7, 11) is 3.38. The largest absolute Gasteiger partial charge is 0.497 e. The lowest BCUT2D eigenvalue weighted by atomic mass is 9.98. The highest BCUT2D eigenvalue weighted by Crippen LogP contribution is 2.39. The molecule has 0 atom stereocenters. The molecule has 1 heterocycles. The van der Waals surface area contributed by atoms with Crippen molar-refractivity contribution in [2.75, 3.05) is 14.2 Å². The molecule has 3 heteroatoms. The van der Waals surface area contributed by atoms with Crippen LogP contribution in [0.4, 0.5) is 0 Å². The van der Waals surface area contributed by atoms with E-state index in [0.29, 0.717) is 0 Å². The number of hydrogen-bond donors (Lipinski definition) is 1. The van der Waals surface area contributed by atoms with E-state index in [-0.39, 0.29) is 0 Å². The second kappa shape index (κ2) is 6.36. The molecule has 0 radical (unpaired) electrons. The van der Waals surface area contributed by atoms with Crippen LogP contribution < -0.4 is 9.47 Å². The monoisotopic (exact) mass is 329 g/mol. The fourth-order valence-electron chi connectivity index (χ4n) is 3.22. The van der Waals surface area contributed by atoms with Gasteiger partial charge in [-0.05, 0) is 35.9 Å². The molecule has 1 aromatic heterocycles. The first-order valence-corrected chi connectivity index (χ1v) is 8.19. The molecular formula is C22H19NO2. The number of rotatable bonds is 4. The molecule has 0 spiro atoms. The molecule has 0 amide bonds. The molecule has 0 bridgehead atoms. The summed E-state index contributed by atoms with van der Waals surface area (Å²) in [6.07, 6.45) is 0. The van der Waals surface area contributed by atoms with Gasteiger partial charge < -0.3 is 14.5 Å². The molecule has 0 saturated carbocycles. The number of para-hydroxylation sites is 1. The minimum Gasteiger partial charge on any atom is -0.497 e. The summed E-state index contributed by atoms with van der Waals surface area (Å²) in [5.74, 6) is 1.69. The standard InChI is InChI=1S/C22H19NO2/c1-24-17-9-5-7-15(13-17)21-19-11-3-4-12-20(19)23-22(21)16-8-6-10-18(14-16)25-2/h3-14,23H,1-2H3. The Hall–Kier alpha value is -3.20. The molecule has 4 rings (SSSR count). The Morgan fingerprint density at radius 2 is 1.32 bits per heavy atom. The lowest BCUT2D eigenvalue weighted by Crippen LogP contribution is -1.87. The molecule has 3 nitrogen and oxygen atoms in total. The lowest BCUT2D eigenvalue weighted by Gasteiger charge is -2.09. The zero-order valence-corrected chi connectivity index (χ0v) is 14.2. The number of H-pyrrole nitrogens is 1. The van der Waals surface area contributed by atoms with Crippen molar-refractivity contribution in [1.29, 1.82) is 0 Å². The highest BCUT2D eigenvalue weighted by atomic mass is 16.5. The zero-order chi connectivity index (χ0) is 17.2. The normalized spacial score (nSPS) is 10.8. The van der Waals surface area contributed by atoms with Crippen LogP contribution in [0.3, 0.4) is 0 Å². The summed E-state index contributed by atoms with van der Waals surface area (Å²) in [5.41, 5.74) is 5.57. The number of methoxy groups -OCH3 is 2. The Morgan fingerprint density at radius 3 is 2.04 bits per heavy atom. The molecule has 0 unspecified atom stereocenters. The van der Waals surface area contributed by atoms with Crippen molar-refractivity contribution in [2.45, 2.75) is 0 Å². The number of hydrogen-bond acceptors (Lipinski definition) is 2. The Labute approximate surface area is 146 Å². The highest BCUT2D eigenvalue weighted by Gasteiger charge is 2.15. The van der Waals surface area contributed by atoms with Crippen LogP contribution in [0.15, 0.2) is 72.8 Å². The van der Waals surface area contributed by atoms with E-state index in [1.807, 2.05) is 36.4 Å². The van der Waals surface area contributed by atoms with E-state index in [0.717, 1.165) is 33.8 Å². The van der Waals surface area contributed by atoms with Crippen molar-refractivity contribution in [3.63, 3.8) is 0 Å². The molecule has 0 aliphatic heterocycles. The Bertz CT molecular complexity index is 1030. The number of ether oxygens (including phenoxy) is 2. The summed E-state index contributed by atoms with van der Waals surface area (Å²) in [6, 6.07) is 24.6. The molecule has 0 aliphatic rings. The molecular weight excluding hydrogens is 310 g/mol. The van der Waals surface area contributed by atoms with Crippen molar-refractivity contribution >= 4 is 10.9 Å². The maximum absolute atomic E-state index is 5.42. The van der Waals surface area contributed by atoms with Gasteiger partial charge >= 0.3 is 0 Å². The smallest absolute Gasteiger partial charge is 0.119 e. The van der Waals surface area contributed by atoms with Gasteiger partial charge in [-0.15, -0.1) is 0 Å². The van der Waals surface area contributed by atoms with Crippen LogP contribution >= 0.6 is 0 Å². The average Bonchev–Trinajstić information content (AvgIpc) is 3.07. The molecule has 0 fully saturated rings. The van der Waals surface area contributed by atoms with Gasteiger partial charge in [-0.1, -0.05) is 42.5 Å². The average molecular weight is 329 g/mol. The van der Waals surface area contributed by atoms with Gasteiger partial charge in [0.2, 0.25) is 0 Å². The van der Waals surface area contributed by atoms with Crippen LogP contribution in [-0.4, -0.2) is 19.2 Å². The molecule has 0 saturated heterocycles. The first-order chi connectivity index (χ1) is 12.3. The Morgan fingerprint density at radius 1 is 0.680 bits per heavy atom. The van der Waals surface area contributed by atoms with Crippen LogP contribution in [0.2, 0.25) is 0 Å². The van der Waals surface area contributed by atoms with Crippen LogP contribution in [0.1, 0.15) is 0 Å². The van der Waals surface area contributed by atoms with Crippen molar-refractivity contribution in [3.05, 3.63) is 72.8 Å². The quantitative estimate of drug-likeness (QED) is 0.535. The highest BCUT2D eigenvalue weighted by molar-refractivity contribution is 6.04. The van der Waals surface area contributed by atoms with Gasteiger partial charge in [0.15, 0.2) is 0 Å². The summed E-state index contributed by atoms with van der Waals surface area (Å²) < 4.78 is 10.8. The summed E-state index contributed by atoms with van der Waals surface area (Å²) in [5, 5.41) is 1.19. The lowest BCUT2D eigenvalue weighted by molar-refractivity contribution is 0.415. The van der Waals surface area contributed by atoms with E-state index in [4.69, 9.17) is 9.47 Å². The van der Waals surface area contributed by atoms with Gasteiger partial charge in [-0.3, -0.25) is 0 Å². The minimum absolute atomic E-state index is 0.841. The first kappa shape index (κ1) is 15.3. The van der Waals surface area contributed by atoms with Crippen LogP contribution in [0.25, 0.3) is 33.3 Å². The van der Waals surface area contributed by atoms with E-state index < -0.39 is 0 Å². The predicted molar refractivity (Wildman–Crippen MR) is 102 cm³/mol. The SMILES string of the molecule is COc1cccc(-c2[nH]c3ccccc3c2-c2cccc(OC)c2)c1.